The van der Waals surface area contributed by atoms with E-state index < -0.39 is 0 Å². The average molecular weight is 601 g/mol. The molecule has 0 fully saturated rings. The van der Waals surface area contributed by atoms with Gasteiger partial charge in [-0.2, -0.15) is 0 Å². The van der Waals surface area contributed by atoms with E-state index in [2.05, 4.69) is 195 Å². The molecule has 0 N–H and O–H groups in total. The zero-order chi connectivity index (χ0) is 31.9. The minimum Gasteiger partial charge on any atom is -0.311 e. The minimum absolute atomic E-state index is 0.457. The quantitative estimate of drug-likeness (QED) is 0.146. The largest absolute Gasteiger partial charge is 0.311 e. The Labute approximate surface area is 275 Å². The molecule has 0 aliphatic rings. The highest BCUT2D eigenvalue weighted by Gasteiger charge is 2.22. The molecule has 0 heterocycles. The van der Waals surface area contributed by atoms with E-state index in [1.807, 2.05) is 0 Å². The first-order valence-electron chi connectivity index (χ1n) is 16.7. The third-order valence-corrected chi connectivity index (χ3v) is 9.26. The van der Waals surface area contributed by atoms with Gasteiger partial charge in [0.05, 0.1) is 0 Å². The van der Waals surface area contributed by atoms with Crippen LogP contribution in [0.2, 0.25) is 0 Å². The van der Waals surface area contributed by atoms with Crippen molar-refractivity contribution in [3.63, 3.8) is 0 Å². The van der Waals surface area contributed by atoms with Gasteiger partial charge in [-0.3, -0.25) is 0 Å². The molecule has 0 aromatic heterocycles. The lowest BCUT2D eigenvalue weighted by atomic mass is 9.93. The first-order chi connectivity index (χ1) is 22.6. The number of nitrogens with zero attached hydrogens (tertiary/aromatic N) is 2. The Morgan fingerprint density at radius 2 is 0.696 bits per heavy atom. The van der Waals surface area contributed by atoms with Crippen molar-refractivity contribution in [2.75, 3.05) is 9.80 Å². The van der Waals surface area contributed by atoms with Gasteiger partial charge in [0.15, 0.2) is 0 Å². The van der Waals surface area contributed by atoms with Crippen LogP contribution >= 0.6 is 0 Å². The molecule has 0 bridgehead atoms. The lowest BCUT2D eigenvalue weighted by Gasteiger charge is -2.32. The van der Waals surface area contributed by atoms with Crippen LogP contribution in [0, 0.1) is 0 Å². The molecule has 0 aliphatic heterocycles. The van der Waals surface area contributed by atoms with E-state index in [1.54, 1.807) is 0 Å². The molecule has 2 unspecified atom stereocenters. The van der Waals surface area contributed by atoms with Crippen molar-refractivity contribution in [2.24, 2.45) is 0 Å². The highest BCUT2D eigenvalue weighted by Crippen LogP contribution is 2.44. The van der Waals surface area contributed by atoms with Gasteiger partial charge in [-0.15, -0.1) is 0 Å². The normalized spacial score (nSPS) is 12.3. The molecule has 0 aliphatic carbocycles. The molecule has 0 spiro atoms. The minimum atomic E-state index is 0.457. The van der Waals surface area contributed by atoms with Gasteiger partial charge in [0.2, 0.25) is 0 Å². The summed E-state index contributed by atoms with van der Waals surface area (Å²) in [6.45, 7) is 9.22. The SMILES string of the molecule is CCC(C)c1ccccc1N(c1ccc(-c2ccc(N(c3ccccc3)c3ccccc3)cc2)cc1)c1ccccc1C(C)CC. The van der Waals surface area contributed by atoms with Crippen molar-refractivity contribution in [2.45, 2.75) is 52.4 Å². The summed E-state index contributed by atoms with van der Waals surface area (Å²) in [6, 6.07) is 57.0. The first kappa shape index (κ1) is 30.9. The Morgan fingerprint density at radius 3 is 1.09 bits per heavy atom. The van der Waals surface area contributed by atoms with Gasteiger partial charge in [0.1, 0.15) is 0 Å². The first-order valence-corrected chi connectivity index (χ1v) is 16.7. The summed E-state index contributed by atoms with van der Waals surface area (Å²) in [5, 5.41) is 0. The van der Waals surface area contributed by atoms with Gasteiger partial charge in [-0.05, 0) is 108 Å². The molecule has 0 radical (unpaired) electrons. The number of benzene rings is 6. The average Bonchev–Trinajstić information content (AvgIpc) is 3.13. The molecule has 6 rings (SSSR count). The predicted octanol–water partition coefficient (Wildman–Crippen LogP) is 13.3. The summed E-state index contributed by atoms with van der Waals surface area (Å²) in [5.41, 5.74) is 12.3. The molecule has 230 valence electrons. The van der Waals surface area contributed by atoms with Crippen LogP contribution in [0.25, 0.3) is 11.1 Å². The maximum atomic E-state index is 2.48. The Hall–Kier alpha value is -5.08. The zero-order valence-corrected chi connectivity index (χ0v) is 27.5. The van der Waals surface area contributed by atoms with Crippen LogP contribution < -0.4 is 9.80 Å². The van der Waals surface area contributed by atoms with Gasteiger partial charge in [0, 0.05) is 34.1 Å². The molecule has 0 saturated heterocycles. The highest BCUT2D eigenvalue weighted by molar-refractivity contribution is 5.83. The lowest BCUT2D eigenvalue weighted by Crippen LogP contribution is -2.15. The van der Waals surface area contributed by atoms with Crippen molar-refractivity contribution in [3.8, 4) is 11.1 Å². The van der Waals surface area contributed by atoms with Crippen LogP contribution in [-0.2, 0) is 0 Å². The molecule has 2 nitrogen and oxygen atoms in total. The third kappa shape index (κ3) is 6.48. The van der Waals surface area contributed by atoms with Crippen LogP contribution in [0.1, 0.15) is 63.5 Å². The van der Waals surface area contributed by atoms with Crippen LogP contribution in [0.4, 0.5) is 34.1 Å². The van der Waals surface area contributed by atoms with Crippen molar-refractivity contribution in [3.05, 3.63) is 169 Å². The number of hydrogen-bond donors (Lipinski definition) is 0. The Balaban J connectivity index is 1.38. The molecule has 46 heavy (non-hydrogen) atoms. The Morgan fingerprint density at radius 1 is 0.370 bits per heavy atom. The zero-order valence-electron chi connectivity index (χ0n) is 27.5. The maximum absolute atomic E-state index is 2.48. The van der Waals surface area contributed by atoms with Crippen molar-refractivity contribution < 1.29 is 0 Å². The van der Waals surface area contributed by atoms with E-state index in [0.717, 1.165) is 29.9 Å². The smallest absolute Gasteiger partial charge is 0.0496 e. The highest BCUT2D eigenvalue weighted by atomic mass is 15.2. The maximum Gasteiger partial charge on any atom is 0.0496 e. The number of anilines is 6. The molecule has 6 aromatic carbocycles. The summed E-state index contributed by atoms with van der Waals surface area (Å²) >= 11 is 0. The molecule has 6 aromatic rings. The van der Waals surface area contributed by atoms with Crippen molar-refractivity contribution >= 4 is 34.1 Å². The second-order valence-corrected chi connectivity index (χ2v) is 12.2. The fraction of sp³-hybridized carbons (Fsp3) is 0.182. The fourth-order valence-electron chi connectivity index (χ4n) is 6.27. The van der Waals surface area contributed by atoms with Gasteiger partial charge in [0.25, 0.3) is 0 Å². The molecule has 0 amide bonds. The number of rotatable bonds is 11. The monoisotopic (exact) mass is 600 g/mol. The molecule has 2 heteroatoms. The van der Waals surface area contributed by atoms with Crippen LogP contribution in [0.15, 0.2) is 158 Å². The molecule has 0 saturated carbocycles. The van der Waals surface area contributed by atoms with E-state index in [0.29, 0.717) is 11.8 Å². The van der Waals surface area contributed by atoms with Gasteiger partial charge < -0.3 is 9.80 Å². The van der Waals surface area contributed by atoms with Crippen LogP contribution in [-0.4, -0.2) is 0 Å². The summed E-state index contributed by atoms with van der Waals surface area (Å²) in [6.07, 6.45) is 2.19. The predicted molar refractivity (Wildman–Crippen MR) is 199 cm³/mol. The van der Waals surface area contributed by atoms with E-state index in [9.17, 15) is 0 Å². The summed E-state index contributed by atoms with van der Waals surface area (Å²) in [4.78, 5) is 4.78. The van der Waals surface area contributed by atoms with E-state index in [-0.39, 0.29) is 0 Å². The van der Waals surface area contributed by atoms with Crippen molar-refractivity contribution in [1.29, 1.82) is 0 Å². The van der Waals surface area contributed by atoms with E-state index in [4.69, 9.17) is 0 Å². The summed E-state index contributed by atoms with van der Waals surface area (Å²) in [7, 11) is 0. The van der Waals surface area contributed by atoms with Crippen LogP contribution in [0.5, 0.6) is 0 Å². The van der Waals surface area contributed by atoms with Gasteiger partial charge in [-0.25, -0.2) is 0 Å². The third-order valence-electron chi connectivity index (χ3n) is 9.26. The second-order valence-electron chi connectivity index (χ2n) is 12.2. The topological polar surface area (TPSA) is 6.48 Å². The van der Waals surface area contributed by atoms with Gasteiger partial charge >= 0.3 is 0 Å². The lowest BCUT2D eigenvalue weighted by molar-refractivity contribution is 0.728. The fourth-order valence-corrected chi connectivity index (χ4v) is 6.27. The summed E-state index contributed by atoms with van der Waals surface area (Å²) < 4.78 is 0. The Kier molecular flexibility index (Phi) is 9.65. The number of hydrogen-bond acceptors (Lipinski definition) is 2. The Bertz CT molecular complexity index is 1730. The van der Waals surface area contributed by atoms with Gasteiger partial charge in [-0.1, -0.05) is 125 Å². The number of para-hydroxylation sites is 4. The molecular formula is C44H44N2. The van der Waals surface area contributed by atoms with Crippen molar-refractivity contribution in [1.82, 2.24) is 0 Å². The molecular weight excluding hydrogens is 556 g/mol. The van der Waals surface area contributed by atoms with E-state index in [1.165, 1.54) is 39.3 Å². The van der Waals surface area contributed by atoms with E-state index >= 15 is 0 Å². The molecule has 2 atom stereocenters. The summed E-state index contributed by atoms with van der Waals surface area (Å²) in [5.74, 6) is 0.914. The standard InChI is InChI=1S/C44H44N2/c1-5-33(3)41-21-13-15-23-43(41)46(44-24-16-14-22-42(44)34(4)6-2)40-31-27-36(28-32-40)35-25-29-39(30-26-35)45(37-17-9-7-10-18-37)38-19-11-8-12-20-38/h7-34H,5-6H2,1-4H3. The van der Waals surface area contributed by atoms with Crippen LogP contribution in [0.3, 0.4) is 0 Å². The second kappa shape index (κ2) is 14.3.